The molecule has 0 amide bonds. The van der Waals surface area contributed by atoms with Gasteiger partial charge in [0.25, 0.3) is 0 Å². The van der Waals surface area contributed by atoms with E-state index in [1.807, 2.05) is 24.3 Å². The van der Waals surface area contributed by atoms with Gasteiger partial charge in [-0.3, -0.25) is 4.99 Å². The molecule has 2 heterocycles. The summed E-state index contributed by atoms with van der Waals surface area (Å²) in [6, 6.07) is 9.18. The number of benzene rings is 2. The fourth-order valence-electron chi connectivity index (χ4n) is 2.33. The molecule has 22 heavy (non-hydrogen) atoms. The summed E-state index contributed by atoms with van der Waals surface area (Å²) in [4.78, 5) is 4.45. The lowest BCUT2D eigenvalue weighted by Crippen LogP contribution is -1.92. The minimum atomic E-state index is 0.223. The largest absolute Gasteiger partial charge is 0.496 e. The van der Waals surface area contributed by atoms with Crippen LogP contribution in [0, 0.1) is 0 Å². The van der Waals surface area contributed by atoms with E-state index in [0.29, 0.717) is 23.0 Å². The number of aliphatic imine (C=N–C) groups is 1. The third-order valence-electron chi connectivity index (χ3n) is 3.43. The van der Waals surface area contributed by atoms with E-state index in [1.165, 1.54) is 0 Å². The number of fused-ring (bicyclic) bond motifs is 2. The van der Waals surface area contributed by atoms with Crippen LogP contribution >= 0.6 is 0 Å². The first kappa shape index (κ1) is 12.8. The lowest BCUT2D eigenvalue weighted by molar-refractivity contribution is 0.173. The molecule has 0 spiro atoms. The molecule has 0 saturated carbocycles. The van der Waals surface area contributed by atoms with Gasteiger partial charge in [0.1, 0.15) is 5.75 Å². The Bertz CT molecular complexity index is 756. The maximum absolute atomic E-state index is 5.38. The molecule has 0 aliphatic carbocycles. The third-order valence-corrected chi connectivity index (χ3v) is 3.43. The van der Waals surface area contributed by atoms with Crippen LogP contribution in [0.25, 0.3) is 0 Å². The molecule has 0 radical (unpaired) electrons. The Morgan fingerprint density at radius 1 is 0.909 bits per heavy atom. The molecule has 0 atom stereocenters. The fraction of sp³-hybridized carbons (Fsp3) is 0.188. The van der Waals surface area contributed by atoms with Crippen molar-refractivity contribution in [2.75, 3.05) is 20.7 Å². The molecule has 2 aliphatic heterocycles. The fourth-order valence-corrected chi connectivity index (χ4v) is 2.33. The quantitative estimate of drug-likeness (QED) is 0.816. The lowest BCUT2D eigenvalue weighted by Gasteiger charge is -2.06. The van der Waals surface area contributed by atoms with Crippen molar-refractivity contribution in [2.45, 2.75) is 0 Å². The summed E-state index contributed by atoms with van der Waals surface area (Å²) in [6.45, 7) is 0.472. The molecule has 2 aromatic carbocycles. The van der Waals surface area contributed by atoms with E-state index in [9.17, 15) is 0 Å². The highest BCUT2D eigenvalue weighted by molar-refractivity contribution is 5.87. The van der Waals surface area contributed by atoms with Crippen molar-refractivity contribution >= 4 is 11.9 Å². The van der Waals surface area contributed by atoms with Crippen molar-refractivity contribution in [3.63, 3.8) is 0 Å². The summed E-state index contributed by atoms with van der Waals surface area (Å²) in [7, 11) is 1.61. The molecule has 2 aliphatic rings. The van der Waals surface area contributed by atoms with Crippen molar-refractivity contribution in [1.29, 1.82) is 0 Å². The van der Waals surface area contributed by atoms with Crippen LogP contribution in [-0.4, -0.2) is 26.9 Å². The zero-order valence-corrected chi connectivity index (χ0v) is 11.9. The van der Waals surface area contributed by atoms with Gasteiger partial charge in [0.2, 0.25) is 13.6 Å². The SMILES string of the molecule is COc1cc2c(cc1C=Nc1ccc3c(c1)OCO3)OCO2. The second kappa shape index (κ2) is 5.14. The van der Waals surface area contributed by atoms with Gasteiger partial charge in [0, 0.05) is 23.9 Å². The number of nitrogens with zero attached hydrogens (tertiary/aromatic N) is 1. The maximum atomic E-state index is 5.38. The van der Waals surface area contributed by atoms with Gasteiger partial charge in [0.15, 0.2) is 23.0 Å². The van der Waals surface area contributed by atoms with Crippen molar-refractivity contribution in [3.05, 3.63) is 35.9 Å². The normalized spacial score (nSPS) is 14.6. The van der Waals surface area contributed by atoms with Crippen molar-refractivity contribution in [1.82, 2.24) is 0 Å². The Morgan fingerprint density at radius 2 is 1.59 bits per heavy atom. The lowest BCUT2D eigenvalue weighted by atomic mass is 10.2. The minimum Gasteiger partial charge on any atom is -0.496 e. The molecule has 6 heteroatoms. The van der Waals surface area contributed by atoms with E-state index in [-0.39, 0.29) is 13.6 Å². The predicted octanol–water partition coefficient (Wildman–Crippen LogP) is 2.90. The average molecular weight is 299 g/mol. The third kappa shape index (κ3) is 2.18. The predicted molar refractivity (Wildman–Crippen MR) is 78.9 cm³/mol. The molecule has 112 valence electrons. The molecular formula is C16H13NO5. The smallest absolute Gasteiger partial charge is 0.231 e. The van der Waals surface area contributed by atoms with E-state index in [4.69, 9.17) is 23.7 Å². The number of methoxy groups -OCH3 is 1. The van der Waals surface area contributed by atoms with Gasteiger partial charge in [0.05, 0.1) is 12.8 Å². The van der Waals surface area contributed by atoms with Crippen LogP contribution < -0.4 is 23.7 Å². The van der Waals surface area contributed by atoms with E-state index in [0.717, 1.165) is 17.0 Å². The molecule has 4 rings (SSSR count). The monoisotopic (exact) mass is 299 g/mol. The summed E-state index contributed by atoms with van der Waals surface area (Å²) < 4.78 is 26.7. The Balaban J connectivity index is 1.65. The first-order valence-corrected chi connectivity index (χ1v) is 6.75. The average Bonchev–Trinajstić information content (AvgIpc) is 3.19. The molecular weight excluding hydrogens is 286 g/mol. The maximum Gasteiger partial charge on any atom is 0.231 e. The first-order chi connectivity index (χ1) is 10.8. The second-order valence-electron chi connectivity index (χ2n) is 4.74. The molecule has 0 N–H and O–H groups in total. The van der Waals surface area contributed by atoms with Crippen molar-refractivity contribution < 1.29 is 23.7 Å². The molecule has 6 nitrogen and oxygen atoms in total. The highest BCUT2D eigenvalue weighted by atomic mass is 16.7. The second-order valence-corrected chi connectivity index (χ2v) is 4.74. The van der Waals surface area contributed by atoms with Crippen molar-refractivity contribution in [2.24, 2.45) is 4.99 Å². The van der Waals surface area contributed by atoms with Crippen LogP contribution in [0.3, 0.4) is 0 Å². The molecule has 2 aromatic rings. The summed E-state index contributed by atoms with van der Waals surface area (Å²) in [5.41, 5.74) is 1.58. The van der Waals surface area contributed by atoms with E-state index in [1.54, 1.807) is 19.4 Å². The first-order valence-electron chi connectivity index (χ1n) is 6.75. The number of rotatable bonds is 3. The van der Waals surface area contributed by atoms with E-state index >= 15 is 0 Å². The van der Waals surface area contributed by atoms with Crippen LogP contribution in [0.1, 0.15) is 5.56 Å². The zero-order valence-electron chi connectivity index (χ0n) is 11.9. The molecule has 0 bridgehead atoms. The van der Waals surface area contributed by atoms with Crippen LogP contribution in [0.2, 0.25) is 0 Å². The Labute approximate surface area is 126 Å². The van der Waals surface area contributed by atoms with Gasteiger partial charge in [-0.25, -0.2) is 0 Å². The Hall–Kier alpha value is -2.89. The number of hydrogen-bond donors (Lipinski definition) is 0. The number of ether oxygens (including phenoxy) is 5. The van der Waals surface area contributed by atoms with Crippen molar-refractivity contribution in [3.8, 4) is 28.7 Å². The molecule has 0 fully saturated rings. The van der Waals surface area contributed by atoms with Gasteiger partial charge in [-0.1, -0.05) is 0 Å². The summed E-state index contributed by atoms with van der Waals surface area (Å²) in [5.74, 6) is 3.48. The highest BCUT2D eigenvalue weighted by Gasteiger charge is 2.17. The summed E-state index contributed by atoms with van der Waals surface area (Å²) >= 11 is 0. The van der Waals surface area contributed by atoms with Crippen LogP contribution in [0.4, 0.5) is 5.69 Å². The van der Waals surface area contributed by atoms with Gasteiger partial charge < -0.3 is 23.7 Å². The van der Waals surface area contributed by atoms with Gasteiger partial charge >= 0.3 is 0 Å². The topological polar surface area (TPSA) is 58.5 Å². The van der Waals surface area contributed by atoms with Crippen LogP contribution in [-0.2, 0) is 0 Å². The van der Waals surface area contributed by atoms with Gasteiger partial charge in [-0.05, 0) is 18.2 Å². The summed E-state index contributed by atoms with van der Waals surface area (Å²) in [6.07, 6.45) is 1.72. The Morgan fingerprint density at radius 3 is 2.36 bits per heavy atom. The number of hydrogen-bond acceptors (Lipinski definition) is 6. The zero-order chi connectivity index (χ0) is 14.9. The Kier molecular flexibility index (Phi) is 3.00. The van der Waals surface area contributed by atoms with Crippen LogP contribution in [0.15, 0.2) is 35.3 Å². The minimum absolute atomic E-state index is 0.223. The summed E-state index contributed by atoms with van der Waals surface area (Å²) in [5, 5.41) is 0. The highest BCUT2D eigenvalue weighted by Crippen LogP contribution is 2.38. The van der Waals surface area contributed by atoms with Gasteiger partial charge in [-0.15, -0.1) is 0 Å². The van der Waals surface area contributed by atoms with E-state index in [2.05, 4.69) is 4.99 Å². The molecule has 0 unspecified atom stereocenters. The van der Waals surface area contributed by atoms with Gasteiger partial charge in [-0.2, -0.15) is 0 Å². The molecule has 0 aromatic heterocycles. The van der Waals surface area contributed by atoms with Crippen LogP contribution in [0.5, 0.6) is 28.7 Å². The molecule has 0 saturated heterocycles. The van der Waals surface area contributed by atoms with E-state index < -0.39 is 0 Å². The standard InChI is InChI=1S/C16H13NO5/c1-18-13-6-16-14(20-9-22-16)4-10(13)7-17-11-2-3-12-15(5-11)21-8-19-12/h2-7H,8-9H2,1H3.